The Bertz CT molecular complexity index is 1740. The fourth-order valence-electron chi connectivity index (χ4n) is 6.51. The molecule has 45 heavy (non-hydrogen) atoms. The van der Waals surface area contributed by atoms with E-state index < -0.39 is 44.9 Å². The van der Waals surface area contributed by atoms with E-state index in [1.165, 1.54) is 29.4 Å². The first kappa shape index (κ1) is 32.7. The molecule has 2 aliphatic heterocycles. The van der Waals surface area contributed by atoms with Gasteiger partial charge < -0.3 is 10.2 Å². The summed E-state index contributed by atoms with van der Waals surface area (Å²) in [5, 5.41) is 2.38. The van der Waals surface area contributed by atoms with Gasteiger partial charge in [-0.05, 0) is 72.9 Å². The maximum absolute atomic E-state index is 14.2. The SMILES string of the molecule is CC(=O)N1CCC2(CC1)c1cc(C(=O)NCc3ncc(C(F)(F)F)cc3Cl)ccc1N(S(=O)(=O)c1ccc(F)cc1)C2C(C)C. The zero-order chi connectivity index (χ0) is 32.9. The first-order valence-corrected chi connectivity index (χ1v) is 16.1. The highest BCUT2D eigenvalue weighted by atomic mass is 35.5. The summed E-state index contributed by atoms with van der Waals surface area (Å²) >= 11 is 6.01. The van der Waals surface area contributed by atoms with E-state index in [0.29, 0.717) is 43.4 Å². The molecule has 1 spiro atoms. The second kappa shape index (κ2) is 11.9. The van der Waals surface area contributed by atoms with Crippen molar-refractivity contribution in [3.63, 3.8) is 0 Å². The maximum atomic E-state index is 14.2. The Hall–Kier alpha value is -3.71. The number of likely N-dealkylation sites (tertiary alicyclic amines) is 1. The van der Waals surface area contributed by atoms with Gasteiger partial charge in [0.2, 0.25) is 5.91 Å². The van der Waals surface area contributed by atoms with Crippen LogP contribution in [0.3, 0.4) is 0 Å². The Labute approximate surface area is 263 Å². The second-order valence-corrected chi connectivity index (χ2v) is 13.9. The minimum atomic E-state index is -4.62. The number of nitrogens with one attached hydrogen (secondary N) is 1. The molecule has 1 unspecified atom stereocenters. The topological polar surface area (TPSA) is 99.7 Å². The summed E-state index contributed by atoms with van der Waals surface area (Å²) < 4.78 is 82.5. The molecule has 0 radical (unpaired) electrons. The number of piperidine rings is 1. The van der Waals surface area contributed by atoms with E-state index >= 15 is 0 Å². The molecule has 1 N–H and O–H groups in total. The van der Waals surface area contributed by atoms with Crippen LogP contribution < -0.4 is 9.62 Å². The predicted molar refractivity (Wildman–Crippen MR) is 160 cm³/mol. The lowest BCUT2D eigenvalue weighted by Crippen LogP contribution is -2.55. The number of alkyl halides is 3. The Balaban J connectivity index is 1.54. The third-order valence-corrected chi connectivity index (χ3v) is 10.8. The molecule has 240 valence electrons. The molecule has 1 fully saturated rings. The van der Waals surface area contributed by atoms with Crippen LogP contribution in [-0.4, -0.2) is 49.2 Å². The Kier molecular flexibility index (Phi) is 8.64. The molecule has 0 aliphatic carbocycles. The van der Waals surface area contributed by atoms with Gasteiger partial charge in [-0.3, -0.25) is 18.9 Å². The molecule has 0 bridgehead atoms. The third kappa shape index (κ3) is 5.99. The van der Waals surface area contributed by atoms with Gasteiger partial charge in [0.05, 0.1) is 39.4 Å². The van der Waals surface area contributed by atoms with Crippen LogP contribution in [0.25, 0.3) is 0 Å². The van der Waals surface area contributed by atoms with Crippen LogP contribution >= 0.6 is 11.6 Å². The largest absolute Gasteiger partial charge is 0.417 e. The fourth-order valence-corrected chi connectivity index (χ4v) is 8.62. The highest BCUT2D eigenvalue weighted by Crippen LogP contribution is 2.55. The number of carbonyl (C=O) groups excluding carboxylic acids is 2. The van der Waals surface area contributed by atoms with Gasteiger partial charge in [0.15, 0.2) is 0 Å². The van der Waals surface area contributed by atoms with E-state index in [1.54, 1.807) is 17.0 Å². The zero-order valence-corrected chi connectivity index (χ0v) is 26.2. The number of aromatic nitrogens is 1. The van der Waals surface area contributed by atoms with E-state index in [2.05, 4.69) is 10.3 Å². The molecular formula is C31H31ClF4N4O4S. The molecule has 3 heterocycles. The highest BCUT2D eigenvalue weighted by Gasteiger charge is 2.56. The van der Waals surface area contributed by atoms with Gasteiger partial charge in [-0.15, -0.1) is 0 Å². The molecule has 2 aliphatic rings. The van der Waals surface area contributed by atoms with Crippen molar-refractivity contribution in [2.45, 2.75) is 62.7 Å². The van der Waals surface area contributed by atoms with E-state index in [9.17, 15) is 35.6 Å². The van der Waals surface area contributed by atoms with Crippen molar-refractivity contribution in [2.24, 2.45) is 5.92 Å². The summed E-state index contributed by atoms with van der Waals surface area (Å²) in [4.78, 5) is 30.9. The zero-order valence-electron chi connectivity index (χ0n) is 24.7. The first-order valence-electron chi connectivity index (χ1n) is 14.3. The third-order valence-electron chi connectivity index (χ3n) is 8.62. The van der Waals surface area contributed by atoms with E-state index in [0.717, 1.165) is 18.2 Å². The summed E-state index contributed by atoms with van der Waals surface area (Å²) in [6.45, 7) is 5.83. The molecule has 1 atom stereocenters. The van der Waals surface area contributed by atoms with Crippen molar-refractivity contribution in [3.8, 4) is 0 Å². The fraction of sp³-hybridized carbons (Fsp3) is 0.387. The van der Waals surface area contributed by atoms with E-state index in [4.69, 9.17) is 11.6 Å². The molecular weight excluding hydrogens is 636 g/mol. The van der Waals surface area contributed by atoms with Crippen LogP contribution in [0, 0.1) is 11.7 Å². The van der Waals surface area contributed by atoms with Gasteiger partial charge in [0.1, 0.15) is 5.82 Å². The smallest absolute Gasteiger partial charge is 0.346 e. The molecule has 2 aromatic carbocycles. The maximum Gasteiger partial charge on any atom is 0.417 e. The van der Waals surface area contributed by atoms with E-state index in [1.807, 2.05) is 13.8 Å². The number of amides is 2. The summed E-state index contributed by atoms with van der Waals surface area (Å²) in [7, 11) is -4.18. The minimum Gasteiger partial charge on any atom is -0.346 e. The summed E-state index contributed by atoms with van der Waals surface area (Å²) in [5.74, 6) is -1.43. The standard InChI is InChI=1S/C31H31ClF4N4O4S/c1-18(2)28-30(10-12-39(13-11-30)19(3)41)24-14-20(29(42)38-17-26-25(32)15-21(16-37-26)31(34,35)36)4-9-27(24)40(28)45(43,44)23-7-5-22(33)6-8-23/h4-9,14-16,18,28H,10-13,17H2,1-3H3,(H,38,42). The number of anilines is 1. The number of nitrogens with zero attached hydrogens (tertiary/aromatic N) is 3. The molecule has 1 aromatic heterocycles. The quantitative estimate of drug-likeness (QED) is 0.329. The summed E-state index contributed by atoms with van der Waals surface area (Å²) in [6.07, 6.45) is -3.10. The monoisotopic (exact) mass is 666 g/mol. The highest BCUT2D eigenvalue weighted by molar-refractivity contribution is 7.92. The van der Waals surface area contributed by atoms with Gasteiger partial charge in [-0.2, -0.15) is 13.2 Å². The number of hydrogen-bond donors (Lipinski definition) is 1. The molecule has 8 nitrogen and oxygen atoms in total. The van der Waals surface area contributed by atoms with Crippen molar-refractivity contribution in [2.75, 3.05) is 17.4 Å². The van der Waals surface area contributed by atoms with Crippen LogP contribution in [-0.2, 0) is 33.0 Å². The normalized spacial score (nSPS) is 17.9. The number of sulfonamides is 1. The Morgan fingerprint density at radius 3 is 2.29 bits per heavy atom. The number of carbonyl (C=O) groups is 2. The van der Waals surface area contributed by atoms with Crippen molar-refractivity contribution in [1.82, 2.24) is 15.2 Å². The van der Waals surface area contributed by atoms with Crippen molar-refractivity contribution < 1.29 is 35.6 Å². The Morgan fingerprint density at radius 1 is 1.09 bits per heavy atom. The van der Waals surface area contributed by atoms with Gasteiger partial charge in [-0.1, -0.05) is 25.4 Å². The van der Waals surface area contributed by atoms with Crippen molar-refractivity contribution >= 4 is 39.1 Å². The van der Waals surface area contributed by atoms with Gasteiger partial charge in [0, 0.05) is 37.2 Å². The number of pyridine rings is 1. The number of halogens is 5. The van der Waals surface area contributed by atoms with Crippen LogP contribution in [0.15, 0.2) is 59.6 Å². The van der Waals surface area contributed by atoms with Crippen LogP contribution in [0.2, 0.25) is 5.02 Å². The molecule has 0 saturated carbocycles. The van der Waals surface area contributed by atoms with E-state index in [-0.39, 0.29) is 39.5 Å². The lowest BCUT2D eigenvalue weighted by molar-refractivity contribution is -0.137. The molecule has 3 aromatic rings. The Morgan fingerprint density at radius 2 is 1.73 bits per heavy atom. The average Bonchev–Trinajstić information content (AvgIpc) is 3.26. The summed E-state index contributed by atoms with van der Waals surface area (Å²) in [6, 6.07) is 9.45. The molecule has 1 saturated heterocycles. The predicted octanol–water partition coefficient (Wildman–Crippen LogP) is 5.94. The second-order valence-electron chi connectivity index (χ2n) is 11.7. The van der Waals surface area contributed by atoms with Crippen molar-refractivity contribution in [1.29, 1.82) is 0 Å². The average molecular weight is 667 g/mol. The molecule has 5 rings (SSSR count). The number of hydrogen-bond acceptors (Lipinski definition) is 5. The number of benzene rings is 2. The van der Waals surface area contributed by atoms with Crippen LogP contribution in [0.1, 0.15) is 60.8 Å². The number of rotatable bonds is 6. The lowest BCUT2D eigenvalue weighted by atomic mass is 9.66. The van der Waals surface area contributed by atoms with Gasteiger partial charge in [0.25, 0.3) is 15.9 Å². The minimum absolute atomic E-state index is 0.0451. The van der Waals surface area contributed by atoms with Crippen molar-refractivity contribution in [3.05, 3.63) is 88.0 Å². The first-order chi connectivity index (χ1) is 21.1. The lowest BCUT2D eigenvalue weighted by Gasteiger charge is -2.46. The van der Waals surface area contributed by atoms with Gasteiger partial charge in [-0.25, -0.2) is 12.8 Å². The van der Waals surface area contributed by atoms with Crippen LogP contribution in [0.5, 0.6) is 0 Å². The molecule has 14 heteroatoms. The van der Waals surface area contributed by atoms with Gasteiger partial charge >= 0.3 is 6.18 Å². The van der Waals surface area contributed by atoms with Crippen LogP contribution in [0.4, 0.5) is 23.2 Å². The summed E-state index contributed by atoms with van der Waals surface area (Å²) in [5.41, 5.74) is -0.497. The molecule has 2 amide bonds. The number of fused-ring (bicyclic) bond motifs is 2.